The van der Waals surface area contributed by atoms with Crippen LogP contribution in [0.4, 0.5) is 0 Å². The smallest absolute Gasteiger partial charge is 0.472 e. The molecule has 1 rings (SSSR count). The Labute approximate surface area is 365 Å². The second-order valence-electron chi connectivity index (χ2n) is 15.8. The lowest BCUT2D eigenvalue weighted by atomic mass is 9.88. The van der Waals surface area contributed by atoms with Gasteiger partial charge in [-0.2, -0.15) is 0 Å². The number of aliphatic hydroxyl groups is 3. The summed E-state index contributed by atoms with van der Waals surface area (Å²) in [5.74, 6) is -2.97. The molecule has 8 atom stereocenters. The van der Waals surface area contributed by atoms with Crippen LogP contribution in [-0.2, 0) is 37.5 Å². The molecule has 61 heavy (non-hydrogen) atoms. The molecule has 350 valence electrons. The van der Waals surface area contributed by atoms with E-state index in [9.17, 15) is 39.2 Å². The maximum Gasteiger partial charge on any atom is 0.472 e. The van der Waals surface area contributed by atoms with Gasteiger partial charge in [0.2, 0.25) is 0 Å². The van der Waals surface area contributed by atoms with Gasteiger partial charge in [0.1, 0.15) is 12.6 Å². The summed E-state index contributed by atoms with van der Waals surface area (Å²) in [6.45, 7) is 2.40. The van der Waals surface area contributed by atoms with Gasteiger partial charge < -0.3 is 40.5 Å². The number of carboxylic acid groups (broad SMARTS) is 1. The van der Waals surface area contributed by atoms with Crippen LogP contribution < -0.4 is 5.73 Å². The van der Waals surface area contributed by atoms with Gasteiger partial charge in [0.15, 0.2) is 6.10 Å². The number of rotatable bonds is 37. The van der Waals surface area contributed by atoms with Crippen LogP contribution in [0.1, 0.15) is 149 Å². The summed E-state index contributed by atoms with van der Waals surface area (Å²) in [6.07, 6.45) is 33.6. The maximum atomic E-state index is 12.7. The minimum Gasteiger partial charge on any atom is -0.480 e. The zero-order valence-corrected chi connectivity index (χ0v) is 37.7. The molecule has 1 fully saturated rings. The lowest BCUT2D eigenvalue weighted by molar-refractivity contribution is -0.161. The third-order valence-corrected chi connectivity index (χ3v) is 11.3. The first-order chi connectivity index (χ1) is 29.3. The van der Waals surface area contributed by atoms with E-state index in [1.54, 1.807) is 6.08 Å². The Bertz CT molecular complexity index is 1380. The number of esters is 2. The van der Waals surface area contributed by atoms with Gasteiger partial charge in [-0.15, -0.1) is 0 Å². The lowest BCUT2D eigenvalue weighted by Gasteiger charge is -2.21. The van der Waals surface area contributed by atoms with Gasteiger partial charge in [-0.25, -0.2) is 4.57 Å². The number of carbonyl (C=O) groups is 3. The molecule has 0 aliphatic heterocycles. The molecule has 0 saturated heterocycles. The lowest BCUT2D eigenvalue weighted by Crippen LogP contribution is -2.34. The van der Waals surface area contributed by atoms with Crippen molar-refractivity contribution in [2.45, 2.75) is 179 Å². The molecule has 1 aliphatic rings. The standard InChI is InChI=1S/C46H78NO13P/c1-3-5-7-8-9-10-11-12-13-14-15-16-17-18-19-20-26-30-45(52)60-38(35-58-61(55,56)59-36-41(47)46(53)54)34-57-44(51)29-25-22-21-24-28-39-40(43(50)33-42(39)49)32-31-37(48)27-23-6-4-2/h9-10,12-13,15-16,18-19,31-32,37-43,48-50H,3-8,11,14,17,20-30,33-36,47H2,1-2H3,(H,53,54)(H,55,56)/b10-9-,13-12-,16-15-,19-18-,32-31+/t37-,38+,39+,40+,41-,42-,43+/m0/s1. The summed E-state index contributed by atoms with van der Waals surface area (Å²) in [7, 11) is -4.79. The molecule has 0 spiro atoms. The van der Waals surface area contributed by atoms with Crippen LogP contribution >= 0.6 is 7.82 Å². The Balaban J connectivity index is 2.51. The molecule has 1 saturated carbocycles. The third-order valence-electron chi connectivity index (χ3n) is 10.3. The summed E-state index contributed by atoms with van der Waals surface area (Å²) in [4.78, 5) is 46.2. The second-order valence-corrected chi connectivity index (χ2v) is 17.2. The highest BCUT2D eigenvalue weighted by atomic mass is 31.2. The van der Waals surface area contributed by atoms with Crippen molar-refractivity contribution in [2.24, 2.45) is 17.6 Å². The minimum atomic E-state index is -4.79. The van der Waals surface area contributed by atoms with Crippen molar-refractivity contribution < 1.29 is 62.8 Å². The summed E-state index contributed by atoms with van der Waals surface area (Å²) in [5.41, 5.74) is 5.33. The SMILES string of the molecule is CCCCC/C=C\C/C=C\C/C=C\C/C=C\CCCC(=O)O[C@H](COC(=O)CCCCCC[C@@H]1[C@@H](/C=C/[C@@H](O)CCCCC)[C@H](O)C[C@@H]1O)COP(=O)(O)OC[C@H](N)C(=O)O. The molecular weight excluding hydrogens is 805 g/mol. The number of phosphoric ester groups is 1. The van der Waals surface area contributed by atoms with Crippen molar-refractivity contribution in [1.29, 1.82) is 0 Å². The van der Waals surface area contributed by atoms with Crippen LogP contribution in [0, 0.1) is 11.8 Å². The van der Waals surface area contributed by atoms with E-state index < -0.39 is 76.0 Å². The van der Waals surface area contributed by atoms with E-state index in [0.29, 0.717) is 44.9 Å². The van der Waals surface area contributed by atoms with Crippen molar-refractivity contribution >= 4 is 25.7 Å². The number of allylic oxidation sites excluding steroid dienone is 8. The van der Waals surface area contributed by atoms with E-state index in [4.69, 9.17) is 24.8 Å². The van der Waals surface area contributed by atoms with Crippen LogP contribution in [0.25, 0.3) is 0 Å². The molecule has 0 aromatic heterocycles. The fraction of sp³-hybridized carbons (Fsp3) is 0.717. The summed E-state index contributed by atoms with van der Waals surface area (Å²) in [6, 6.07) is -1.57. The molecule has 0 heterocycles. The van der Waals surface area contributed by atoms with Gasteiger partial charge in [-0.05, 0) is 70.1 Å². The predicted molar refractivity (Wildman–Crippen MR) is 237 cm³/mol. The van der Waals surface area contributed by atoms with Gasteiger partial charge in [-0.1, -0.05) is 126 Å². The first-order valence-corrected chi connectivity index (χ1v) is 24.1. The van der Waals surface area contributed by atoms with E-state index in [0.717, 1.165) is 57.8 Å². The van der Waals surface area contributed by atoms with E-state index in [1.807, 2.05) is 18.2 Å². The average molecular weight is 884 g/mol. The van der Waals surface area contributed by atoms with Crippen molar-refractivity contribution in [3.63, 3.8) is 0 Å². The second kappa shape index (κ2) is 35.5. The molecule has 0 aromatic rings. The Morgan fingerprint density at radius 3 is 1.93 bits per heavy atom. The number of nitrogens with two attached hydrogens (primary N) is 1. The first-order valence-electron chi connectivity index (χ1n) is 22.6. The van der Waals surface area contributed by atoms with Crippen LogP contribution in [0.3, 0.4) is 0 Å². The zero-order chi connectivity index (χ0) is 45.1. The topological polar surface area (TPSA) is 232 Å². The number of hydrogen-bond acceptors (Lipinski definition) is 12. The molecule has 15 heteroatoms. The van der Waals surface area contributed by atoms with Crippen LogP contribution in [0.2, 0.25) is 0 Å². The highest BCUT2D eigenvalue weighted by molar-refractivity contribution is 7.47. The number of ether oxygens (including phenoxy) is 2. The summed E-state index contributed by atoms with van der Waals surface area (Å²) < 4.78 is 32.7. The first kappa shape index (κ1) is 56.1. The van der Waals surface area contributed by atoms with Crippen LogP contribution in [0.15, 0.2) is 60.8 Å². The quantitative estimate of drug-likeness (QED) is 0.0149. The maximum absolute atomic E-state index is 12.7. The average Bonchev–Trinajstić information content (AvgIpc) is 3.49. The van der Waals surface area contributed by atoms with E-state index >= 15 is 0 Å². The van der Waals surface area contributed by atoms with Crippen LogP contribution in [-0.4, -0.2) is 93.5 Å². The van der Waals surface area contributed by atoms with Gasteiger partial charge in [0.25, 0.3) is 0 Å². The fourth-order valence-corrected chi connectivity index (χ4v) is 7.52. The number of aliphatic hydroxyl groups excluding tert-OH is 3. The number of carboxylic acids is 1. The van der Waals surface area contributed by atoms with Crippen molar-refractivity contribution in [2.75, 3.05) is 19.8 Å². The largest absolute Gasteiger partial charge is 0.480 e. The van der Waals surface area contributed by atoms with Crippen molar-refractivity contribution in [1.82, 2.24) is 0 Å². The van der Waals surface area contributed by atoms with Crippen LogP contribution in [0.5, 0.6) is 0 Å². The minimum absolute atomic E-state index is 0.0398. The highest BCUT2D eigenvalue weighted by Crippen LogP contribution is 2.43. The summed E-state index contributed by atoms with van der Waals surface area (Å²) >= 11 is 0. The third kappa shape index (κ3) is 29.9. The molecule has 1 aliphatic carbocycles. The molecule has 14 nitrogen and oxygen atoms in total. The van der Waals surface area contributed by atoms with E-state index in [1.165, 1.54) is 19.3 Å². The monoisotopic (exact) mass is 884 g/mol. The van der Waals surface area contributed by atoms with Crippen molar-refractivity contribution in [3.8, 4) is 0 Å². The number of aliphatic carboxylic acids is 1. The molecular formula is C46H78NO13P. The number of carbonyl (C=O) groups excluding carboxylic acids is 2. The molecule has 0 aromatic carbocycles. The summed E-state index contributed by atoms with van der Waals surface area (Å²) in [5, 5.41) is 40.3. The number of hydrogen-bond donors (Lipinski definition) is 6. The predicted octanol–water partition coefficient (Wildman–Crippen LogP) is 8.33. The zero-order valence-electron chi connectivity index (χ0n) is 36.8. The van der Waals surface area contributed by atoms with E-state index in [-0.39, 0.29) is 24.7 Å². The molecule has 0 bridgehead atoms. The van der Waals surface area contributed by atoms with Gasteiger partial charge in [-0.3, -0.25) is 23.4 Å². The highest BCUT2D eigenvalue weighted by Gasteiger charge is 2.39. The molecule has 7 N–H and O–H groups in total. The number of unbranched alkanes of at least 4 members (excludes halogenated alkanes) is 9. The normalized spacial score (nSPS) is 20.9. The Kier molecular flexibility index (Phi) is 32.6. The molecule has 0 radical (unpaired) electrons. The van der Waals surface area contributed by atoms with E-state index in [2.05, 4.69) is 54.8 Å². The van der Waals surface area contributed by atoms with Crippen molar-refractivity contribution in [3.05, 3.63) is 60.8 Å². The Hall–Kier alpha value is -2.94. The van der Waals surface area contributed by atoms with Gasteiger partial charge in [0, 0.05) is 25.2 Å². The molecule has 1 unspecified atom stereocenters. The number of phosphoric acid groups is 1. The van der Waals surface area contributed by atoms with Gasteiger partial charge >= 0.3 is 25.7 Å². The molecule has 0 amide bonds. The Morgan fingerprint density at radius 1 is 0.721 bits per heavy atom. The van der Waals surface area contributed by atoms with Gasteiger partial charge in [0.05, 0.1) is 31.5 Å². The Morgan fingerprint density at radius 2 is 1.30 bits per heavy atom. The fourth-order valence-electron chi connectivity index (χ4n) is 6.74.